The maximum absolute atomic E-state index is 12.0. The lowest BCUT2D eigenvalue weighted by Crippen LogP contribution is -2.26. The number of methoxy groups -OCH3 is 3. The van der Waals surface area contributed by atoms with Crippen molar-refractivity contribution in [3.8, 4) is 11.5 Å². The fourth-order valence-electron chi connectivity index (χ4n) is 2.44. The smallest absolute Gasteiger partial charge is 0.259 e. The first-order chi connectivity index (χ1) is 13.1. The molecule has 0 bridgehead atoms. The van der Waals surface area contributed by atoms with E-state index in [1.54, 1.807) is 21.3 Å². The summed E-state index contributed by atoms with van der Waals surface area (Å²) in [5.41, 5.74) is 5.83. The Hall–Kier alpha value is -3.06. The van der Waals surface area contributed by atoms with Crippen molar-refractivity contribution in [1.82, 2.24) is 5.43 Å². The number of amides is 1. The highest BCUT2D eigenvalue weighted by molar-refractivity contribution is 5.99. The second-order valence-corrected chi connectivity index (χ2v) is 5.78. The zero-order valence-electron chi connectivity index (χ0n) is 16.0. The van der Waals surface area contributed by atoms with Crippen LogP contribution in [0.4, 0.5) is 5.69 Å². The van der Waals surface area contributed by atoms with Crippen molar-refractivity contribution < 1.29 is 19.0 Å². The van der Waals surface area contributed by atoms with Crippen LogP contribution >= 0.6 is 0 Å². The summed E-state index contributed by atoms with van der Waals surface area (Å²) in [7, 11) is 4.84. The van der Waals surface area contributed by atoms with Crippen molar-refractivity contribution in [2.24, 2.45) is 5.10 Å². The standard InChI is InChI=1S/C20H25N3O4/c1-14(15-8-9-19(27-4)16(10-15)13-25-2)22-23-20(24)12-21-17-6-5-7-18(11-17)26-3/h5-11,21H,12-13H2,1-4H3,(H,23,24)/b22-14-. The summed E-state index contributed by atoms with van der Waals surface area (Å²) in [6, 6.07) is 13.0. The van der Waals surface area contributed by atoms with Crippen LogP contribution in [-0.4, -0.2) is 39.5 Å². The molecule has 7 heteroatoms. The second-order valence-electron chi connectivity index (χ2n) is 5.78. The van der Waals surface area contributed by atoms with Crippen LogP contribution in [0, 0.1) is 0 Å². The van der Waals surface area contributed by atoms with E-state index in [1.807, 2.05) is 49.4 Å². The van der Waals surface area contributed by atoms with E-state index in [1.165, 1.54) is 0 Å². The summed E-state index contributed by atoms with van der Waals surface area (Å²) in [5.74, 6) is 1.23. The molecule has 2 aromatic carbocycles. The molecule has 27 heavy (non-hydrogen) atoms. The van der Waals surface area contributed by atoms with Gasteiger partial charge in [-0.1, -0.05) is 6.07 Å². The molecule has 7 nitrogen and oxygen atoms in total. The van der Waals surface area contributed by atoms with Gasteiger partial charge in [-0.05, 0) is 42.8 Å². The number of rotatable bonds is 9. The Bertz CT molecular complexity index is 806. The van der Waals surface area contributed by atoms with Gasteiger partial charge in [0.05, 0.1) is 33.1 Å². The van der Waals surface area contributed by atoms with Crippen LogP contribution in [-0.2, 0) is 16.1 Å². The number of nitrogens with one attached hydrogen (secondary N) is 2. The molecule has 2 aromatic rings. The Balaban J connectivity index is 1.95. The first kappa shape index (κ1) is 20.3. The lowest BCUT2D eigenvalue weighted by Gasteiger charge is -2.10. The van der Waals surface area contributed by atoms with Gasteiger partial charge >= 0.3 is 0 Å². The van der Waals surface area contributed by atoms with Gasteiger partial charge < -0.3 is 19.5 Å². The number of benzene rings is 2. The monoisotopic (exact) mass is 371 g/mol. The minimum absolute atomic E-state index is 0.0987. The Morgan fingerprint density at radius 3 is 2.59 bits per heavy atom. The van der Waals surface area contributed by atoms with Crippen LogP contribution in [0.1, 0.15) is 18.1 Å². The number of nitrogens with zero attached hydrogens (tertiary/aromatic N) is 1. The van der Waals surface area contributed by atoms with Crippen LogP contribution < -0.4 is 20.2 Å². The SMILES string of the molecule is COCc1cc(/C(C)=N\NC(=O)CNc2cccc(OC)c2)ccc1OC. The molecule has 1 amide bonds. The predicted molar refractivity (Wildman–Crippen MR) is 106 cm³/mol. The minimum atomic E-state index is -0.247. The van der Waals surface area contributed by atoms with Crippen molar-refractivity contribution in [2.75, 3.05) is 33.2 Å². The van der Waals surface area contributed by atoms with E-state index in [0.29, 0.717) is 12.3 Å². The van der Waals surface area contributed by atoms with Gasteiger partial charge in [0.15, 0.2) is 0 Å². The minimum Gasteiger partial charge on any atom is -0.497 e. The molecule has 0 fully saturated rings. The van der Waals surface area contributed by atoms with Gasteiger partial charge in [0, 0.05) is 24.4 Å². The average Bonchev–Trinajstić information content (AvgIpc) is 2.70. The molecule has 0 aliphatic carbocycles. The van der Waals surface area contributed by atoms with Gasteiger partial charge in [-0.15, -0.1) is 0 Å². The molecular formula is C20H25N3O4. The topological polar surface area (TPSA) is 81.2 Å². The summed E-state index contributed by atoms with van der Waals surface area (Å²) in [5, 5.41) is 7.20. The van der Waals surface area contributed by atoms with E-state index >= 15 is 0 Å². The van der Waals surface area contributed by atoms with Crippen LogP contribution in [0.3, 0.4) is 0 Å². The maximum atomic E-state index is 12.0. The molecule has 0 aliphatic heterocycles. The number of carbonyl (C=O) groups excluding carboxylic acids is 1. The third-order valence-corrected chi connectivity index (χ3v) is 3.87. The van der Waals surface area contributed by atoms with E-state index in [2.05, 4.69) is 15.8 Å². The average molecular weight is 371 g/mol. The Morgan fingerprint density at radius 1 is 1.07 bits per heavy atom. The van der Waals surface area contributed by atoms with Crippen LogP contribution in [0.25, 0.3) is 0 Å². The largest absolute Gasteiger partial charge is 0.497 e. The number of hydrogen-bond donors (Lipinski definition) is 2. The summed E-state index contributed by atoms with van der Waals surface area (Å²) in [6.07, 6.45) is 0. The van der Waals surface area contributed by atoms with Gasteiger partial charge in [-0.3, -0.25) is 4.79 Å². The molecule has 144 valence electrons. The Morgan fingerprint density at radius 2 is 1.89 bits per heavy atom. The van der Waals surface area contributed by atoms with E-state index in [9.17, 15) is 4.79 Å². The molecule has 0 heterocycles. The number of hydrogen-bond acceptors (Lipinski definition) is 6. The van der Waals surface area contributed by atoms with Gasteiger partial charge in [-0.25, -0.2) is 5.43 Å². The molecule has 0 aromatic heterocycles. The van der Waals surface area contributed by atoms with Crippen molar-refractivity contribution >= 4 is 17.3 Å². The molecule has 0 unspecified atom stereocenters. The van der Waals surface area contributed by atoms with Crippen molar-refractivity contribution in [1.29, 1.82) is 0 Å². The summed E-state index contributed by atoms with van der Waals surface area (Å²) >= 11 is 0. The molecule has 2 rings (SSSR count). The first-order valence-electron chi connectivity index (χ1n) is 8.44. The normalized spacial score (nSPS) is 11.0. The lowest BCUT2D eigenvalue weighted by atomic mass is 10.1. The summed E-state index contributed by atoms with van der Waals surface area (Å²) in [4.78, 5) is 12.0. The lowest BCUT2D eigenvalue weighted by molar-refractivity contribution is -0.119. The fraction of sp³-hybridized carbons (Fsp3) is 0.300. The van der Waals surface area contributed by atoms with Gasteiger partial charge in [0.1, 0.15) is 11.5 Å². The number of ether oxygens (including phenoxy) is 3. The third-order valence-electron chi connectivity index (χ3n) is 3.87. The van der Waals surface area contributed by atoms with Crippen LogP contribution in [0.15, 0.2) is 47.6 Å². The Kier molecular flexibility index (Phi) is 7.63. The highest BCUT2D eigenvalue weighted by Crippen LogP contribution is 2.21. The zero-order chi connectivity index (χ0) is 19.6. The zero-order valence-corrected chi connectivity index (χ0v) is 16.0. The molecule has 0 aliphatic rings. The number of anilines is 1. The van der Waals surface area contributed by atoms with E-state index in [-0.39, 0.29) is 12.5 Å². The summed E-state index contributed by atoms with van der Waals surface area (Å²) < 4.78 is 15.7. The predicted octanol–water partition coefficient (Wildman–Crippen LogP) is 2.80. The molecule has 0 saturated heterocycles. The van der Waals surface area contributed by atoms with Crippen molar-refractivity contribution in [2.45, 2.75) is 13.5 Å². The molecule has 0 radical (unpaired) electrons. The fourth-order valence-corrected chi connectivity index (χ4v) is 2.44. The van der Waals surface area contributed by atoms with E-state index < -0.39 is 0 Å². The maximum Gasteiger partial charge on any atom is 0.259 e. The Labute approximate surface area is 159 Å². The van der Waals surface area contributed by atoms with Crippen molar-refractivity contribution in [3.63, 3.8) is 0 Å². The molecular weight excluding hydrogens is 346 g/mol. The molecule has 2 N–H and O–H groups in total. The van der Waals surface area contributed by atoms with Crippen LogP contribution in [0.5, 0.6) is 11.5 Å². The number of carbonyl (C=O) groups is 1. The third kappa shape index (κ3) is 6.00. The molecule has 0 atom stereocenters. The molecule has 0 saturated carbocycles. The quantitative estimate of drug-likeness (QED) is 0.523. The molecule has 0 spiro atoms. The van der Waals surface area contributed by atoms with Gasteiger partial charge in [0.25, 0.3) is 5.91 Å². The van der Waals surface area contributed by atoms with Gasteiger partial charge in [-0.2, -0.15) is 5.10 Å². The van der Waals surface area contributed by atoms with Gasteiger partial charge in [0.2, 0.25) is 0 Å². The highest BCUT2D eigenvalue weighted by Gasteiger charge is 2.07. The van der Waals surface area contributed by atoms with Crippen molar-refractivity contribution in [3.05, 3.63) is 53.6 Å². The second kappa shape index (κ2) is 10.2. The number of hydrazone groups is 1. The van der Waals surface area contributed by atoms with E-state index in [0.717, 1.165) is 28.3 Å². The highest BCUT2D eigenvalue weighted by atomic mass is 16.5. The first-order valence-corrected chi connectivity index (χ1v) is 8.44. The van der Waals surface area contributed by atoms with E-state index in [4.69, 9.17) is 14.2 Å². The van der Waals surface area contributed by atoms with Crippen LogP contribution in [0.2, 0.25) is 0 Å². The summed E-state index contributed by atoms with van der Waals surface area (Å²) in [6.45, 7) is 2.36.